The topological polar surface area (TPSA) is 71.1 Å². The molecule has 5 nitrogen and oxygen atoms in total. The van der Waals surface area contributed by atoms with Gasteiger partial charge in [-0.1, -0.05) is 26.0 Å². The Labute approximate surface area is 137 Å². The largest absolute Gasteiger partial charge is 0.367 e. The van der Waals surface area contributed by atoms with Gasteiger partial charge in [0, 0.05) is 6.04 Å². The molecule has 0 atom stereocenters. The van der Waals surface area contributed by atoms with Gasteiger partial charge in [-0.25, -0.2) is 13.4 Å². The van der Waals surface area contributed by atoms with E-state index >= 15 is 0 Å². The number of sulfonamides is 1. The molecule has 0 spiro atoms. The van der Waals surface area contributed by atoms with Crippen LogP contribution in [0.4, 0.5) is 11.5 Å². The van der Waals surface area contributed by atoms with Gasteiger partial charge in [0.2, 0.25) is 0 Å². The molecule has 0 unspecified atom stereocenters. The maximum atomic E-state index is 12.4. The molecule has 0 saturated heterocycles. The second-order valence-corrected chi connectivity index (χ2v) is 7.86. The highest BCUT2D eigenvalue weighted by Crippen LogP contribution is 2.24. The molecule has 1 aromatic carbocycles. The van der Waals surface area contributed by atoms with E-state index in [4.69, 9.17) is 0 Å². The van der Waals surface area contributed by atoms with Gasteiger partial charge in [0.25, 0.3) is 10.0 Å². The molecule has 23 heavy (non-hydrogen) atoms. The summed E-state index contributed by atoms with van der Waals surface area (Å²) in [5, 5.41) is 3.27. The summed E-state index contributed by atoms with van der Waals surface area (Å²) in [6.45, 7) is 4.15. The highest BCUT2D eigenvalue weighted by Gasteiger charge is 2.21. The average molecular weight is 331 g/mol. The van der Waals surface area contributed by atoms with Crippen LogP contribution >= 0.6 is 0 Å². The SMILES string of the molecule is CC(C)c1ccc(S(=O)(=O)Nc2ccc(NC3CC3)nc2)cc1. The first-order chi connectivity index (χ1) is 10.9. The monoisotopic (exact) mass is 331 g/mol. The first kappa shape index (κ1) is 15.8. The van der Waals surface area contributed by atoms with Crippen LogP contribution in [-0.4, -0.2) is 19.4 Å². The highest BCUT2D eigenvalue weighted by atomic mass is 32.2. The number of aromatic nitrogens is 1. The fourth-order valence-corrected chi connectivity index (χ4v) is 3.27. The van der Waals surface area contributed by atoms with Crippen LogP contribution in [0.5, 0.6) is 0 Å². The molecule has 1 fully saturated rings. The third-order valence-electron chi connectivity index (χ3n) is 3.80. The van der Waals surface area contributed by atoms with Crippen LogP contribution in [0, 0.1) is 0 Å². The first-order valence-electron chi connectivity index (χ1n) is 7.79. The van der Waals surface area contributed by atoms with Crippen molar-refractivity contribution in [3.8, 4) is 0 Å². The van der Waals surface area contributed by atoms with E-state index in [1.54, 1.807) is 24.3 Å². The molecule has 0 radical (unpaired) electrons. The Morgan fingerprint density at radius 2 is 1.78 bits per heavy atom. The van der Waals surface area contributed by atoms with Crippen LogP contribution in [0.1, 0.15) is 38.2 Å². The number of hydrogen-bond acceptors (Lipinski definition) is 4. The molecule has 1 heterocycles. The molecule has 2 aromatic rings. The van der Waals surface area contributed by atoms with E-state index in [0.717, 1.165) is 11.4 Å². The summed E-state index contributed by atoms with van der Waals surface area (Å²) in [7, 11) is -3.59. The molecule has 1 aromatic heterocycles. The molecular formula is C17H21N3O2S. The van der Waals surface area contributed by atoms with Crippen molar-refractivity contribution in [2.75, 3.05) is 10.0 Å². The summed E-state index contributed by atoms with van der Waals surface area (Å²) in [6.07, 6.45) is 3.87. The second kappa shape index (κ2) is 6.20. The normalized spacial score (nSPS) is 14.7. The van der Waals surface area contributed by atoms with E-state index in [-0.39, 0.29) is 4.90 Å². The highest BCUT2D eigenvalue weighted by molar-refractivity contribution is 7.92. The van der Waals surface area contributed by atoms with Gasteiger partial charge in [-0.15, -0.1) is 0 Å². The summed E-state index contributed by atoms with van der Waals surface area (Å²) < 4.78 is 27.4. The number of anilines is 2. The van der Waals surface area contributed by atoms with Crippen LogP contribution < -0.4 is 10.0 Å². The molecule has 3 rings (SSSR count). The molecular weight excluding hydrogens is 310 g/mol. The zero-order valence-electron chi connectivity index (χ0n) is 13.3. The summed E-state index contributed by atoms with van der Waals surface area (Å²) in [6, 6.07) is 11.0. The number of nitrogens with one attached hydrogen (secondary N) is 2. The van der Waals surface area contributed by atoms with Crippen molar-refractivity contribution in [2.45, 2.75) is 43.5 Å². The Morgan fingerprint density at radius 1 is 1.09 bits per heavy atom. The van der Waals surface area contributed by atoms with Gasteiger partial charge < -0.3 is 5.32 Å². The minimum absolute atomic E-state index is 0.252. The fraction of sp³-hybridized carbons (Fsp3) is 0.353. The maximum Gasteiger partial charge on any atom is 0.261 e. The molecule has 0 amide bonds. The van der Waals surface area contributed by atoms with Crippen LogP contribution in [0.2, 0.25) is 0 Å². The fourth-order valence-electron chi connectivity index (χ4n) is 2.22. The number of benzene rings is 1. The second-order valence-electron chi connectivity index (χ2n) is 6.18. The summed E-state index contributed by atoms with van der Waals surface area (Å²) in [5.74, 6) is 1.15. The minimum Gasteiger partial charge on any atom is -0.367 e. The predicted octanol–water partition coefficient (Wildman–Crippen LogP) is 3.58. The molecule has 1 aliphatic rings. The molecule has 0 aliphatic heterocycles. The van der Waals surface area contributed by atoms with Gasteiger partial charge >= 0.3 is 0 Å². The Balaban J connectivity index is 1.71. The van der Waals surface area contributed by atoms with Crippen molar-refractivity contribution in [3.05, 3.63) is 48.2 Å². The standard InChI is InChI=1S/C17H21N3O2S/c1-12(2)13-3-8-16(9-4-13)23(21,22)20-15-7-10-17(18-11-15)19-14-5-6-14/h3-4,7-12,14,20H,5-6H2,1-2H3,(H,18,19). The van der Waals surface area contributed by atoms with Gasteiger partial charge in [0.05, 0.1) is 16.8 Å². The maximum absolute atomic E-state index is 12.4. The smallest absolute Gasteiger partial charge is 0.261 e. The summed E-state index contributed by atoms with van der Waals surface area (Å²) in [4.78, 5) is 4.49. The molecule has 122 valence electrons. The molecule has 1 aliphatic carbocycles. The lowest BCUT2D eigenvalue weighted by molar-refractivity contribution is 0.601. The summed E-state index contributed by atoms with van der Waals surface area (Å²) in [5.41, 5.74) is 1.57. The average Bonchev–Trinajstić information content (AvgIpc) is 3.33. The van der Waals surface area contributed by atoms with Crippen molar-refractivity contribution in [2.24, 2.45) is 0 Å². The minimum atomic E-state index is -3.59. The third kappa shape index (κ3) is 4.01. The molecule has 2 N–H and O–H groups in total. The lowest BCUT2D eigenvalue weighted by Crippen LogP contribution is -2.13. The van der Waals surface area contributed by atoms with Gasteiger partial charge in [-0.3, -0.25) is 4.72 Å². The number of rotatable bonds is 6. The molecule has 0 bridgehead atoms. The zero-order chi connectivity index (χ0) is 16.4. The van der Waals surface area contributed by atoms with E-state index in [1.165, 1.54) is 19.0 Å². The Kier molecular flexibility index (Phi) is 4.26. The quantitative estimate of drug-likeness (QED) is 0.849. The van der Waals surface area contributed by atoms with Crippen molar-refractivity contribution in [3.63, 3.8) is 0 Å². The third-order valence-corrected chi connectivity index (χ3v) is 5.20. The van der Waals surface area contributed by atoms with Crippen LogP contribution in [0.3, 0.4) is 0 Å². The van der Waals surface area contributed by atoms with Crippen LogP contribution in [0.15, 0.2) is 47.5 Å². The Bertz CT molecular complexity index is 764. The van der Waals surface area contributed by atoms with E-state index in [1.807, 2.05) is 12.1 Å². The lowest BCUT2D eigenvalue weighted by atomic mass is 10.0. The van der Waals surface area contributed by atoms with Crippen LogP contribution in [0.25, 0.3) is 0 Å². The van der Waals surface area contributed by atoms with Gasteiger partial charge in [-0.05, 0) is 48.6 Å². The lowest BCUT2D eigenvalue weighted by Gasteiger charge is -2.10. The van der Waals surface area contributed by atoms with Gasteiger partial charge in [0.1, 0.15) is 5.82 Å². The Morgan fingerprint density at radius 3 is 2.30 bits per heavy atom. The van der Waals surface area contributed by atoms with Crippen molar-refractivity contribution >= 4 is 21.5 Å². The van der Waals surface area contributed by atoms with Crippen molar-refractivity contribution < 1.29 is 8.42 Å². The van der Waals surface area contributed by atoms with Crippen LogP contribution in [-0.2, 0) is 10.0 Å². The van der Waals surface area contributed by atoms with Gasteiger partial charge in [-0.2, -0.15) is 0 Å². The van der Waals surface area contributed by atoms with E-state index in [2.05, 4.69) is 28.9 Å². The van der Waals surface area contributed by atoms with Gasteiger partial charge in [0.15, 0.2) is 0 Å². The molecule has 6 heteroatoms. The van der Waals surface area contributed by atoms with E-state index < -0.39 is 10.0 Å². The summed E-state index contributed by atoms with van der Waals surface area (Å²) >= 11 is 0. The van der Waals surface area contributed by atoms with Crippen molar-refractivity contribution in [1.82, 2.24) is 4.98 Å². The Hall–Kier alpha value is -2.08. The predicted molar refractivity (Wildman–Crippen MR) is 92.2 cm³/mol. The first-order valence-corrected chi connectivity index (χ1v) is 9.28. The zero-order valence-corrected chi connectivity index (χ0v) is 14.1. The van der Waals surface area contributed by atoms with E-state index in [0.29, 0.717) is 17.6 Å². The molecule has 1 saturated carbocycles. The number of hydrogen-bond donors (Lipinski definition) is 2. The number of nitrogens with zero attached hydrogens (tertiary/aromatic N) is 1. The van der Waals surface area contributed by atoms with Crippen molar-refractivity contribution in [1.29, 1.82) is 0 Å². The van der Waals surface area contributed by atoms with E-state index in [9.17, 15) is 8.42 Å². The number of pyridine rings is 1.